The van der Waals surface area contributed by atoms with Gasteiger partial charge >= 0.3 is 0 Å². The summed E-state index contributed by atoms with van der Waals surface area (Å²) < 4.78 is 5.42. The summed E-state index contributed by atoms with van der Waals surface area (Å²) >= 11 is 0. The van der Waals surface area contributed by atoms with Crippen LogP contribution >= 0.6 is 0 Å². The van der Waals surface area contributed by atoms with Crippen molar-refractivity contribution in [2.45, 2.75) is 32.0 Å². The van der Waals surface area contributed by atoms with Crippen LogP contribution in [0.25, 0.3) is 0 Å². The Kier molecular flexibility index (Phi) is 3.19. The smallest absolute Gasteiger partial charge is 0.238 e. The molecular formula is C15H20N2O2. The summed E-state index contributed by atoms with van der Waals surface area (Å²) in [5, 5.41) is 3.31. The van der Waals surface area contributed by atoms with Gasteiger partial charge in [0.1, 0.15) is 11.9 Å². The number of ether oxygens (including phenoxy) is 1. The highest BCUT2D eigenvalue weighted by molar-refractivity contribution is 5.81. The van der Waals surface area contributed by atoms with Crippen molar-refractivity contribution in [2.24, 2.45) is 5.92 Å². The molecule has 1 aliphatic heterocycles. The molecule has 2 unspecified atom stereocenters. The van der Waals surface area contributed by atoms with Crippen molar-refractivity contribution in [2.75, 3.05) is 13.7 Å². The second-order valence-electron chi connectivity index (χ2n) is 5.40. The van der Waals surface area contributed by atoms with Gasteiger partial charge in [0.25, 0.3) is 0 Å². The maximum Gasteiger partial charge on any atom is 0.238 e. The van der Waals surface area contributed by atoms with Crippen LogP contribution in [0.4, 0.5) is 0 Å². The fourth-order valence-corrected chi connectivity index (χ4v) is 2.94. The first kappa shape index (κ1) is 12.5. The van der Waals surface area contributed by atoms with E-state index in [1.54, 1.807) is 7.11 Å². The van der Waals surface area contributed by atoms with Crippen molar-refractivity contribution < 1.29 is 9.53 Å². The molecule has 0 spiro atoms. The summed E-state index contributed by atoms with van der Waals surface area (Å²) in [5.74, 6) is 1.69. The first-order valence-electron chi connectivity index (χ1n) is 6.90. The van der Waals surface area contributed by atoms with E-state index in [0.29, 0.717) is 18.5 Å². The molecule has 19 heavy (non-hydrogen) atoms. The van der Waals surface area contributed by atoms with Crippen molar-refractivity contribution in [1.29, 1.82) is 0 Å². The Labute approximate surface area is 113 Å². The molecule has 1 heterocycles. The van der Waals surface area contributed by atoms with Crippen molar-refractivity contribution >= 4 is 5.91 Å². The summed E-state index contributed by atoms with van der Waals surface area (Å²) in [7, 11) is 1.67. The third-order valence-corrected chi connectivity index (χ3v) is 4.19. The van der Waals surface area contributed by atoms with Crippen LogP contribution in [-0.2, 0) is 4.79 Å². The second-order valence-corrected chi connectivity index (χ2v) is 5.40. The molecular weight excluding hydrogens is 240 g/mol. The Morgan fingerprint density at radius 2 is 2.11 bits per heavy atom. The van der Waals surface area contributed by atoms with E-state index < -0.39 is 0 Å². The van der Waals surface area contributed by atoms with Crippen LogP contribution in [0, 0.1) is 5.92 Å². The topological polar surface area (TPSA) is 41.6 Å². The summed E-state index contributed by atoms with van der Waals surface area (Å²) in [4.78, 5) is 14.1. The first-order chi connectivity index (χ1) is 9.22. The highest BCUT2D eigenvalue weighted by Gasteiger charge is 2.42. The number of hydrogen-bond acceptors (Lipinski definition) is 3. The third kappa shape index (κ3) is 2.21. The first-order valence-corrected chi connectivity index (χ1v) is 6.90. The van der Waals surface area contributed by atoms with Gasteiger partial charge in [0.05, 0.1) is 13.7 Å². The number of benzene rings is 1. The van der Waals surface area contributed by atoms with Crippen molar-refractivity contribution in [3.05, 3.63) is 29.8 Å². The van der Waals surface area contributed by atoms with E-state index in [9.17, 15) is 4.79 Å². The molecule has 3 rings (SSSR count). The predicted octanol–water partition coefficient (Wildman–Crippen LogP) is 1.92. The molecule has 2 aliphatic rings. The van der Waals surface area contributed by atoms with Crippen molar-refractivity contribution in [1.82, 2.24) is 10.2 Å². The number of carbonyl (C=O) groups excluding carboxylic acids is 1. The lowest BCUT2D eigenvalue weighted by Crippen LogP contribution is -2.39. The molecule has 1 saturated carbocycles. The lowest BCUT2D eigenvalue weighted by atomic mass is 10.1. The molecule has 2 atom stereocenters. The van der Waals surface area contributed by atoms with Gasteiger partial charge in [-0.1, -0.05) is 18.2 Å². The molecule has 1 aliphatic carbocycles. The SMILES string of the molecule is COc1ccccc1C1NCC(=O)N1C(C)C1CC1. The monoisotopic (exact) mass is 260 g/mol. The van der Waals surface area contributed by atoms with Gasteiger partial charge in [-0.05, 0) is 31.7 Å². The van der Waals surface area contributed by atoms with Gasteiger partial charge < -0.3 is 9.64 Å². The molecule has 0 bridgehead atoms. The molecule has 1 saturated heterocycles. The molecule has 0 radical (unpaired) electrons. The predicted molar refractivity (Wildman–Crippen MR) is 72.8 cm³/mol. The summed E-state index contributed by atoms with van der Waals surface area (Å²) in [5.41, 5.74) is 1.04. The summed E-state index contributed by atoms with van der Waals surface area (Å²) in [6.45, 7) is 2.57. The number of para-hydroxylation sites is 1. The maximum atomic E-state index is 12.2. The Morgan fingerprint density at radius 1 is 1.37 bits per heavy atom. The van der Waals surface area contributed by atoms with Gasteiger partial charge in [0, 0.05) is 11.6 Å². The Bertz CT molecular complexity index is 485. The minimum Gasteiger partial charge on any atom is -0.496 e. The number of hydrogen-bond donors (Lipinski definition) is 1. The van der Waals surface area contributed by atoms with Gasteiger partial charge in [0.15, 0.2) is 0 Å². The lowest BCUT2D eigenvalue weighted by Gasteiger charge is -2.31. The van der Waals surface area contributed by atoms with Crippen LogP contribution in [0.1, 0.15) is 31.5 Å². The summed E-state index contributed by atoms with van der Waals surface area (Å²) in [6.07, 6.45) is 2.42. The highest BCUT2D eigenvalue weighted by Crippen LogP contribution is 2.40. The minimum absolute atomic E-state index is 0.0563. The van der Waals surface area contributed by atoms with E-state index in [1.807, 2.05) is 29.2 Å². The molecule has 1 N–H and O–H groups in total. The fraction of sp³-hybridized carbons (Fsp3) is 0.533. The molecule has 1 amide bonds. The molecule has 4 heteroatoms. The standard InChI is InChI=1S/C15H20N2O2/c1-10(11-7-8-11)17-14(18)9-16-15(17)12-5-3-4-6-13(12)19-2/h3-6,10-11,15-16H,7-9H2,1-2H3. The molecule has 1 aromatic rings. The second kappa shape index (κ2) is 4.85. The minimum atomic E-state index is -0.0563. The lowest BCUT2D eigenvalue weighted by molar-refractivity contribution is -0.130. The van der Waals surface area contributed by atoms with Crippen LogP contribution in [0.2, 0.25) is 0 Å². The van der Waals surface area contributed by atoms with Gasteiger partial charge in [-0.3, -0.25) is 10.1 Å². The van der Waals surface area contributed by atoms with Crippen LogP contribution in [0.5, 0.6) is 5.75 Å². The van der Waals surface area contributed by atoms with Gasteiger partial charge in [-0.15, -0.1) is 0 Å². The largest absolute Gasteiger partial charge is 0.496 e. The Hall–Kier alpha value is -1.55. The average Bonchev–Trinajstić information content (AvgIpc) is 3.21. The van der Waals surface area contributed by atoms with Gasteiger partial charge in [-0.25, -0.2) is 0 Å². The number of rotatable bonds is 4. The zero-order chi connectivity index (χ0) is 13.4. The zero-order valence-corrected chi connectivity index (χ0v) is 11.4. The number of nitrogens with zero attached hydrogens (tertiary/aromatic N) is 1. The van der Waals surface area contributed by atoms with E-state index >= 15 is 0 Å². The van der Waals surface area contributed by atoms with E-state index in [0.717, 1.165) is 11.3 Å². The Balaban J connectivity index is 1.91. The van der Waals surface area contributed by atoms with Gasteiger partial charge in [0.2, 0.25) is 5.91 Å². The molecule has 4 nitrogen and oxygen atoms in total. The van der Waals surface area contributed by atoms with Gasteiger partial charge in [-0.2, -0.15) is 0 Å². The number of amides is 1. The number of nitrogens with one attached hydrogen (secondary N) is 1. The maximum absolute atomic E-state index is 12.2. The van der Waals surface area contributed by atoms with E-state index in [2.05, 4.69) is 12.2 Å². The van der Waals surface area contributed by atoms with Crippen LogP contribution in [0.3, 0.4) is 0 Å². The normalized spacial score (nSPS) is 24.6. The van der Waals surface area contributed by atoms with E-state index in [1.165, 1.54) is 12.8 Å². The van der Waals surface area contributed by atoms with Crippen LogP contribution < -0.4 is 10.1 Å². The highest BCUT2D eigenvalue weighted by atomic mass is 16.5. The fourth-order valence-electron chi connectivity index (χ4n) is 2.94. The zero-order valence-electron chi connectivity index (χ0n) is 11.4. The number of methoxy groups -OCH3 is 1. The summed E-state index contributed by atoms with van der Waals surface area (Å²) in [6, 6.07) is 8.22. The third-order valence-electron chi connectivity index (χ3n) is 4.19. The van der Waals surface area contributed by atoms with Crippen LogP contribution in [-0.4, -0.2) is 30.5 Å². The molecule has 102 valence electrons. The molecule has 0 aromatic heterocycles. The molecule has 2 fully saturated rings. The number of carbonyl (C=O) groups is 1. The quantitative estimate of drug-likeness (QED) is 0.899. The van der Waals surface area contributed by atoms with E-state index in [-0.39, 0.29) is 12.1 Å². The molecule has 1 aromatic carbocycles. The van der Waals surface area contributed by atoms with Crippen molar-refractivity contribution in [3.8, 4) is 5.75 Å². The van der Waals surface area contributed by atoms with E-state index in [4.69, 9.17) is 4.74 Å². The van der Waals surface area contributed by atoms with Crippen molar-refractivity contribution in [3.63, 3.8) is 0 Å². The Morgan fingerprint density at radius 3 is 2.79 bits per heavy atom. The average molecular weight is 260 g/mol. The van der Waals surface area contributed by atoms with Crippen LogP contribution in [0.15, 0.2) is 24.3 Å².